The van der Waals surface area contributed by atoms with Crippen molar-refractivity contribution in [3.63, 3.8) is 0 Å². The Balaban J connectivity index is 1.81. The van der Waals surface area contributed by atoms with Gasteiger partial charge in [0.05, 0.1) is 0 Å². The number of halogens is 1. The van der Waals surface area contributed by atoms with E-state index >= 15 is 0 Å². The second-order valence-electron chi connectivity index (χ2n) is 5.82. The van der Waals surface area contributed by atoms with Crippen molar-refractivity contribution in [1.82, 2.24) is 26.5 Å². The van der Waals surface area contributed by atoms with Gasteiger partial charge in [-0.1, -0.05) is 25.5 Å². The first kappa shape index (κ1) is 20.0. The summed E-state index contributed by atoms with van der Waals surface area (Å²) in [4.78, 5) is 38.8. The Hall–Kier alpha value is -3.36. The fraction of sp³-hybridized carbons (Fsp3) is 0.278. The van der Waals surface area contributed by atoms with Crippen LogP contribution >= 0.6 is 0 Å². The molecule has 1 aromatic heterocycles. The minimum absolute atomic E-state index is 0.191. The lowest BCUT2D eigenvalue weighted by molar-refractivity contribution is -0.123. The number of aromatic amines is 1. The molecule has 4 amide bonds. The number of nitrogens with one attached hydrogen (secondary N) is 5. The molecule has 27 heavy (non-hydrogen) atoms. The predicted octanol–water partition coefficient (Wildman–Crippen LogP) is 1.58. The van der Waals surface area contributed by atoms with Crippen molar-refractivity contribution in [2.75, 3.05) is 0 Å². The van der Waals surface area contributed by atoms with Crippen LogP contribution in [0, 0.1) is 5.82 Å². The second kappa shape index (κ2) is 9.95. The summed E-state index contributed by atoms with van der Waals surface area (Å²) in [5, 5.41) is 5.17. The minimum Gasteiger partial charge on any atom is -0.357 e. The summed E-state index contributed by atoms with van der Waals surface area (Å²) in [6, 6.07) is 7.58. The topological polar surface area (TPSA) is 115 Å². The Labute approximate surface area is 155 Å². The summed E-state index contributed by atoms with van der Waals surface area (Å²) < 4.78 is 12.9. The van der Waals surface area contributed by atoms with Crippen LogP contribution in [0.1, 0.15) is 35.8 Å². The van der Waals surface area contributed by atoms with Gasteiger partial charge < -0.3 is 15.6 Å². The zero-order valence-electron chi connectivity index (χ0n) is 14.8. The number of urea groups is 1. The zero-order chi connectivity index (χ0) is 19.6. The van der Waals surface area contributed by atoms with E-state index in [0.29, 0.717) is 18.5 Å². The van der Waals surface area contributed by atoms with E-state index in [2.05, 4.69) is 26.5 Å². The summed E-state index contributed by atoms with van der Waals surface area (Å²) in [5.74, 6) is -1.39. The van der Waals surface area contributed by atoms with Gasteiger partial charge in [-0.3, -0.25) is 20.4 Å². The maximum atomic E-state index is 12.9. The summed E-state index contributed by atoms with van der Waals surface area (Å²) >= 11 is 0. The SMILES string of the molecule is CCCC(NC(=O)NCc1ccc(F)cc1)C(=O)NNC(=O)c1ccc[nH]1. The van der Waals surface area contributed by atoms with E-state index in [1.165, 1.54) is 12.1 Å². The first-order valence-electron chi connectivity index (χ1n) is 8.52. The van der Waals surface area contributed by atoms with E-state index in [-0.39, 0.29) is 12.4 Å². The number of H-pyrrole nitrogens is 1. The average molecular weight is 375 g/mol. The van der Waals surface area contributed by atoms with Gasteiger partial charge in [0.2, 0.25) is 0 Å². The average Bonchev–Trinajstić information content (AvgIpc) is 3.20. The van der Waals surface area contributed by atoms with Gasteiger partial charge in [-0.05, 0) is 36.2 Å². The molecule has 0 spiro atoms. The number of amides is 4. The highest BCUT2D eigenvalue weighted by molar-refractivity contribution is 5.94. The predicted molar refractivity (Wildman–Crippen MR) is 96.9 cm³/mol. The van der Waals surface area contributed by atoms with Crippen LogP contribution in [0.4, 0.5) is 9.18 Å². The van der Waals surface area contributed by atoms with Crippen molar-refractivity contribution in [3.8, 4) is 0 Å². The number of hydrogen-bond acceptors (Lipinski definition) is 3. The third kappa shape index (κ3) is 6.46. The molecule has 2 aromatic rings. The molecule has 1 aromatic carbocycles. The fourth-order valence-electron chi connectivity index (χ4n) is 2.30. The van der Waals surface area contributed by atoms with Crippen LogP contribution in [-0.4, -0.2) is 28.9 Å². The maximum Gasteiger partial charge on any atom is 0.315 e. The quantitative estimate of drug-likeness (QED) is 0.473. The number of rotatable bonds is 7. The minimum atomic E-state index is -0.813. The van der Waals surface area contributed by atoms with Gasteiger partial charge in [0.15, 0.2) is 0 Å². The Bertz CT molecular complexity index is 762. The van der Waals surface area contributed by atoms with Crippen molar-refractivity contribution in [2.24, 2.45) is 0 Å². The number of hydrogen-bond donors (Lipinski definition) is 5. The molecule has 1 atom stereocenters. The van der Waals surface area contributed by atoms with E-state index in [1.807, 2.05) is 6.92 Å². The number of carbonyl (C=O) groups is 3. The molecule has 0 fully saturated rings. The van der Waals surface area contributed by atoms with E-state index < -0.39 is 23.9 Å². The van der Waals surface area contributed by atoms with Crippen LogP contribution in [0.5, 0.6) is 0 Å². The first-order chi connectivity index (χ1) is 13.0. The van der Waals surface area contributed by atoms with E-state index in [1.54, 1.807) is 30.5 Å². The van der Waals surface area contributed by atoms with Crippen molar-refractivity contribution in [2.45, 2.75) is 32.4 Å². The molecule has 0 aliphatic heterocycles. The normalized spacial score (nSPS) is 11.3. The monoisotopic (exact) mass is 375 g/mol. The third-order valence-electron chi connectivity index (χ3n) is 3.71. The Morgan fingerprint density at radius 2 is 1.85 bits per heavy atom. The molecule has 0 aliphatic carbocycles. The van der Waals surface area contributed by atoms with Crippen LogP contribution in [0.15, 0.2) is 42.6 Å². The molecule has 144 valence electrons. The molecule has 2 rings (SSSR count). The number of carbonyl (C=O) groups excluding carboxylic acids is 3. The molecule has 1 unspecified atom stereocenters. The Morgan fingerprint density at radius 1 is 1.11 bits per heavy atom. The van der Waals surface area contributed by atoms with Gasteiger partial charge in [-0.15, -0.1) is 0 Å². The van der Waals surface area contributed by atoms with Crippen LogP contribution in [0.3, 0.4) is 0 Å². The van der Waals surface area contributed by atoms with Crippen LogP contribution in [0.2, 0.25) is 0 Å². The van der Waals surface area contributed by atoms with Crippen molar-refractivity contribution >= 4 is 17.8 Å². The van der Waals surface area contributed by atoms with Gasteiger partial charge in [-0.25, -0.2) is 9.18 Å². The Kier molecular flexibility index (Phi) is 7.36. The van der Waals surface area contributed by atoms with Gasteiger partial charge in [-0.2, -0.15) is 0 Å². The van der Waals surface area contributed by atoms with E-state index in [4.69, 9.17) is 0 Å². The highest BCUT2D eigenvalue weighted by Crippen LogP contribution is 2.02. The summed E-state index contributed by atoms with van der Waals surface area (Å²) in [6.07, 6.45) is 2.64. The third-order valence-corrected chi connectivity index (χ3v) is 3.71. The molecule has 0 aliphatic rings. The Morgan fingerprint density at radius 3 is 2.48 bits per heavy atom. The molecule has 1 heterocycles. The fourth-order valence-corrected chi connectivity index (χ4v) is 2.30. The summed E-state index contributed by atoms with van der Waals surface area (Å²) in [7, 11) is 0. The number of aromatic nitrogens is 1. The summed E-state index contributed by atoms with van der Waals surface area (Å²) in [6.45, 7) is 2.06. The summed E-state index contributed by atoms with van der Waals surface area (Å²) in [5.41, 5.74) is 5.60. The molecule has 0 saturated heterocycles. The number of benzene rings is 1. The standard InChI is InChI=1S/C18H22FN5O3/c1-2-4-15(17(26)24-23-16(25)14-5-3-10-20-14)22-18(27)21-11-12-6-8-13(19)9-7-12/h3,5-10,15,20H,2,4,11H2,1H3,(H,23,25)(H,24,26)(H2,21,22,27). The lowest BCUT2D eigenvalue weighted by Crippen LogP contribution is -2.54. The largest absolute Gasteiger partial charge is 0.357 e. The van der Waals surface area contributed by atoms with Crippen molar-refractivity contribution in [1.29, 1.82) is 0 Å². The zero-order valence-corrected chi connectivity index (χ0v) is 14.8. The van der Waals surface area contributed by atoms with E-state index in [0.717, 1.165) is 5.56 Å². The van der Waals surface area contributed by atoms with Gasteiger partial charge in [0.25, 0.3) is 11.8 Å². The lowest BCUT2D eigenvalue weighted by atomic mass is 10.1. The molecule has 9 heteroatoms. The maximum absolute atomic E-state index is 12.9. The van der Waals surface area contributed by atoms with Crippen LogP contribution in [-0.2, 0) is 11.3 Å². The molecular weight excluding hydrogens is 353 g/mol. The molecule has 8 nitrogen and oxygen atoms in total. The van der Waals surface area contributed by atoms with Gasteiger partial charge in [0.1, 0.15) is 17.6 Å². The van der Waals surface area contributed by atoms with Crippen LogP contribution in [0.25, 0.3) is 0 Å². The molecule has 0 saturated carbocycles. The van der Waals surface area contributed by atoms with Crippen molar-refractivity contribution < 1.29 is 18.8 Å². The molecule has 5 N–H and O–H groups in total. The number of hydrazine groups is 1. The van der Waals surface area contributed by atoms with Gasteiger partial charge in [0, 0.05) is 12.7 Å². The van der Waals surface area contributed by atoms with Gasteiger partial charge >= 0.3 is 6.03 Å². The van der Waals surface area contributed by atoms with E-state index in [9.17, 15) is 18.8 Å². The molecular formula is C18H22FN5O3. The highest BCUT2D eigenvalue weighted by Gasteiger charge is 2.20. The first-order valence-corrected chi connectivity index (χ1v) is 8.52. The second-order valence-corrected chi connectivity index (χ2v) is 5.82. The smallest absolute Gasteiger partial charge is 0.315 e. The van der Waals surface area contributed by atoms with Crippen LogP contribution < -0.4 is 21.5 Å². The molecule has 0 bridgehead atoms. The lowest BCUT2D eigenvalue weighted by Gasteiger charge is -2.18. The van der Waals surface area contributed by atoms with Crippen molar-refractivity contribution in [3.05, 3.63) is 59.7 Å². The highest BCUT2D eigenvalue weighted by atomic mass is 19.1. The molecule has 0 radical (unpaired) electrons.